The van der Waals surface area contributed by atoms with Crippen LogP contribution in [-0.2, 0) is 0 Å². The van der Waals surface area contributed by atoms with Gasteiger partial charge in [-0.3, -0.25) is 0 Å². The van der Waals surface area contributed by atoms with Crippen molar-refractivity contribution in [3.8, 4) is 0 Å². The molecule has 0 saturated heterocycles. The zero-order valence-electron chi connectivity index (χ0n) is 4.14. The van der Waals surface area contributed by atoms with Crippen LogP contribution in [0.3, 0.4) is 0 Å². The van der Waals surface area contributed by atoms with Crippen LogP contribution in [0.2, 0.25) is 0 Å². The molecule has 0 fully saturated rings. The molecule has 0 aliphatic heterocycles. The molecule has 0 aliphatic rings. The van der Waals surface area contributed by atoms with Crippen molar-refractivity contribution in [1.29, 1.82) is 0 Å². The summed E-state index contributed by atoms with van der Waals surface area (Å²) in [6.45, 7) is 1.81. The summed E-state index contributed by atoms with van der Waals surface area (Å²) >= 11 is 0. The van der Waals surface area contributed by atoms with Gasteiger partial charge in [-0.05, 0) is 6.92 Å². The molecule has 0 rings (SSSR count). The molecule has 0 aromatic rings. The van der Waals surface area contributed by atoms with Gasteiger partial charge in [0.05, 0.1) is 0 Å². The van der Waals surface area contributed by atoms with E-state index in [0.29, 0.717) is 0 Å². The van der Waals surface area contributed by atoms with Gasteiger partial charge in [-0.1, -0.05) is 0 Å². The first-order valence-corrected chi connectivity index (χ1v) is 2.61. The number of urea groups is 1. The molecule has 0 spiro atoms. The highest BCUT2D eigenvalue weighted by atomic mass is 31.0. The number of nitrogens with two attached hydrogens (primary N) is 1. The maximum Gasteiger partial charge on any atom is 0.312 e. The maximum atomic E-state index is 9.91. The molecule has 0 bridgehead atoms. The summed E-state index contributed by atoms with van der Waals surface area (Å²) < 4.78 is 0. The minimum absolute atomic E-state index is 0.0671. The molecule has 7 heavy (non-hydrogen) atoms. The molecule has 4 heteroatoms. The molecule has 0 aromatic heterocycles. The quantitative estimate of drug-likeness (QED) is 0.465. The highest BCUT2D eigenvalue weighted by Gasteiger charge is 1.91. The molecule has 3 N–H and O–H groups in total. The number of hydrogen-bond acceptors (Lipinski definition) is 1. The van der Waals surface area contributed by atoms with Gasteiger partial charge in [0.1, 0.15) is 0 Å². The third-order valence-electron chi connectivity index (χ3n) is 0.370. The Kier molecular flexibility index (Phi) is 2.68. The second kappa shape index (κ2) is 2.80. The van der Waals surface area contributed by atoms with Crippen LogP contribution in [0, 0.1) is 0 Å². The fraction of sp³-hybridized carbons (Fsp3) is 0.667. The van der Waals surface area contributed by atoms with Gasteiger partial charge in [-0.2, -0.15) is 0 Å². The Bertz CT molecular complexity index is 73.3. The number of amides is 2. The lowest BCUT2D eigenvalue weighted by Crippen LogP contribution is -2.33. The Morgan fingerprint density at radius 2 is 2.43 bits per heavy atom. The van der Waals surface area contributed by atoms with Crippen molar-refractivity contribution >= 4 is 15.3 Å². The Hall–Kier alpha value is -0.300. The summed E-state index contributed by atoms with van der Waals surface area (Å²) in [5.41, 5.74) is 4.73. The third kappa shape index (κ3) is 5.70. The van der Waals surface area contributed by atoms with E-state index in [4.69, 9.17) is 5.73 Å². The zero-order chi connectivity index (χ0) is 5.86. The summed E-state index contributed by atoms with van der Waals surface area (Å²) in [7, 11) is 2.39. The van der Waals surface area contributed by atoms with Gasteiger partial charge in [0.2, 0.25) is 0 Å². The molecule has 2 amide bonds. The molecule has 2 atom stereocenters. The SMILES string of the molecule is CC(P)NC(N)=O. The van der Waals surface area contributed by atoms with E-state index in [1.54, 1.807) is 0 Å². The normalized spacial score (nSPS) is 12.9. The van der Waals surface area contributed by atoms with Gasteiger partial charge >= 0.3 is 6.03 Å². The van der Waals surface area contributed by atoms with Gasteiger partial charge in [0.25, 0.3) is 0 Å². The van der Waals surface area contributed by atoms with E-state index in [-0.39, 0.29) is 5.78 Å². The summed E-state index contributed by atoms with van der Waals surface area (Å²) in [5.74, 6) is 0.0671. The van der Waals surface area contributed by atoms with Gasteiger partial charge in [0, 0.05) is 5.78 Å². The number of carbonyl (C=O) groups is 1. The molecule has 0 heterocycles. The van der Waals surface area contributed by atoms with Crippen molar-refractivity contribution in [3.05, 3.63) is 0 Å². The third-order valence-corrected chi connectivity index (χ3v) is 0.537. The number of rotatable bonds is 1. The first-order valence-electron chi connectivity index (χ1n) is 1.94. The van der Waals surface area contributed by atoms with Crippen LogP contribution in [0.5, 0.6) is 0 Å². The van der Waals surface area contributed by atoms with E-state index in [1.807, 2.05) is 6.92 Å². The van der Waals surface area contributed by atoms with E-state index >= 15 is 0 Å². The van der Waals surface area contributed by atoms with Crippen molar-refractivity contribution in [1.82, 2.24) is 5.32 Å². The fourth-order valence-electron chi connectivity index (χ4n) is 0.224. The predicted octanol–water partition coefficient (Wildman–Crippen LogP) is -0.124. The first-order chi connectivity index (χ1) is 3.13. The number of carbonyl (C=O) groups excluding carboxylic acids is 1. The van der Waals surface area contributed by atoms with E-state index in [2.05, 4.69) is 14.6 Å². The summed E-state index contributed by atoms with van der Waals surface area (Å²) in [6.07, 6.45) is 0. The lowest BCUT2D eigenvalue weighted by atomic mass is 10.7. The van der Waals surface area contributed by atoms with Gasteiger partial charge in [0.15, 0.2) is 0 Å². The molecule has 0 radical (unpaired) electrons. The largest absolute Gasteiger partial charge is 0.352 e. The number of primary amides is 1. The minimum atomic E-state index is -0.484. The highest BCUT2D eigenvalue weighted by molar-refractivity contribution is 7.17. The fourth-order valence-corrected chi connectivity index (χ4v) is 0.389. The zero-order valence-corrected chi connectivity index (χ0v) is 5.29. The molecular weight excluding hydrogens is 111 g/mol. The van der Waals surface area contributed by atoms with E-state index in [9.17, 15) is 4.79 Å². The topological polar surface area (TPSA) is 55.1 Å². The van der Waals surface area contributed by atoms with Crippen LogP contribution in [0.15, 0.2) is 0 Å². The van der Waals surface area contributed by atoms with Crippen molar-refractivity contribution in [2.24, 2.45) is 5.73 Å². The van der Waals surface area contributed by atoms with Crippen LogP contribution >= 0.6 is 9.24 Å². The molecule has 0 aromatic carbocycles. The second-order valence-electron chi connectivity index (χ2n) is 1.30. The van der Waals surface area contributed by atoms with E-state index < -0.39 is 6.03 Å². The standard InChI is InChI=1S/C3H9N2OP/c1-2(7)5-3(4)6/h2H,7H2,1H3,(H3,4,5,6). The highest BCUT2D eigenvalue weighted by Crippen LogP contribution is 1.88. The van der Waals surface area contributed by atoms with Crippen molar-refractivity contribution in [2.45, 2.75) is 12.7 Å². The molecule has 2 unspecified atom stereocenters. The van der Waals surface area contributed by atoms with Crippen molar-refractivity contribution in [2.75, 3.05) is 0 Å². The Labute approximate surface area is 44.9 Å². The lowest BCUT2D eigenvalue weighted by Gasteiger charge is -2.01. The van der Waals surface area contributed by atoms with Crippen molar-refractivity contribution < 1.29 is 4.79 Å². The monoisotopic (exact) mass is 120 g/mol. The van der Waals surface area contributed by atoms with Crippen molar-refractivity contribution in [3.63, 3.8) is 0 Å². The molecule has 0 aliphatic carbocycles. The smallest absolute Gasteiger partial charge is 0.312 e. The Morgan fingerprint density at radius 1 is 2.00 bits per heavy atom. The molecule has 3 nitrogen and oxygen atoms in total. The van der Waals surface area contributed by atoms with Crippen LogP contribution in [-0.4, -0.2) is 11.8 Å². The van der Waals surface area contributed by atoms with Crippen LogP contribution in [0.25, 0.3) is 0 Å². The van der Waals surface area contributed by atoms with Crippen LogP contribution in [0.4, 0.5) is 4.79 Å². The second-order valence-corrected chi connectivity index (χ2v) is 2.30. The molecule has 42 valence electrons. The van der Waals surface area contributed by atoms with Gasteiger partial charge < -0.3 is 11.1 Å². The Balaban J connectivity index is 3.13. The average molecular weight is 120 g/mol. The van der Waals surface area contributed by atoms with Gasteiger partial charge in [-0.15, -0.1) is 9.24 Å². The minimum Gasteiger partial charge on any atom is -0.352 e. The van der Waals surface area contributed by atoms with Gasteiger partial charge in [-0.25, -0.2) is 4.79 Å². The predicted molar refractivity (Wildman–Crippen MR) is 31.9 cm³/mol. The van der Waals surface area contributed by atoms with Crippen LogP contribution in [0.1, 0.15) is 6.92 Å². The van der Waals surface area contributed by atoms with E-state index in [1.165, 1.54) is 0 Å². The number of nitrogens with one attached hydrogen (secondary N) is 1. The lowest BCUT2D eigenvalue weighted by molar-refractivity contribution is 0.248. The average Bonchev–Trinajstić information content (AvgIpc) is 1.27. The summed E-state index contributed by atoms with van der Waals surface area (Å²) in [6, 6.07) is -0.484. The summed E-state index contributed by atoms with van der Waals surface area (Å²) in [5, 5.41) is 2.41. The van der Waals surface area contributed by atoms with Crippen LogP contribution < -0.4 is 11.1 Å². The summed E-state index contributed by atoms with van der Waals surface area (Å²) in [4.78, 5) is 9.91. The maximum absolute atomic E-state index is 9.91. The molecular formula is C3H9N2OP. The first kappa shape index (κ1) is 6.70. The molecule has 0 saturated carbocycles. The Morgan fingerprint density at radius 3 is 2.43 bits per heavy atom. The van der Waals surface area contributed by atoms with E-state index in [0.717, 1.165) is 0 Å². The number of hydrogen-bond donors (Lipinski definition) is 2.